The normalized spacial score (nSPS) is 27.6. The van der Waals surface area contributed by atoms with Crippen LogP contribution in [0.1, 0.15) is 74.2 Å². The topological polar surface area (TPSA) is 91.0 Å². The van der Waals surface area contributed by atoms with Crippen LogP contribution in [0.2, 0.25) is 10.0 Å². The molecule has 4 fully saturated rings. The Kier molecular flexibility index (Phi) is 7.04. The van der Waals surface area contributed by atoms with Crippen molar-refractivity contribution in [3.8, 4) is 17.0 Å². The molecule has 2 bridgehead atoms. The van der Waals surface area contributed by atoms with Crippen LogP contribution in [0.4, 0.5) is 4.39 Å². The second-order valence-corrected chi connectivity index (χ2v) is 13.0. The Morgan fingerprint density at radius 1 is 1.10 bits per heavy atom. The van der Waals surface area contributed by atoms with E-state index in [1.807, 2.05) is 0 Å². The first-order valence-electron chi connectivity index (χ1n) is 14.6. The predicted octanol–water partition coefficient (Wildman–Crippen LogP) is 7.34. The van der Waals surface area contributed by atoms with Crippen molar-refractivity contribution < 1.29 is 33.0 Å². The molecule has 4 saturated carbocycles. The van der Waals surface area contributed by atoms with Gasteiger partial charge in [-0.3, -0.25) is 0 Å². The van der Waals surface area contributed by atoms with E-state index in [9.17, 15) is 14.3 Å². The van der Waals surface area contributed by atoms with Crippen molar-refractivity contribution in [2.45, 2.75) is 81.2 Å². The third-order valence-corrected chi connectivity index (χ3v) is 10.2. The van der Waals surface area contributed by atoms with Gasteiger partial charge in [0.25, 0.3) is 0 Å². The molecule has 3 aromatic rings. The molecule has 1 heterocycles. The lowest BCUT2D eigenvalue weighted by atomic mass is 9.69. The Labute approximate surface area is 253 Å². The average molecular weight is 617 g/mol. The molecule has 4 aliphatic rings. The van der Waals surface area contributed by atoms with Crippen molar-refractivity contribution in [1.29, 1.82) is 0 Å². The second-order valence-electron chi connectivity index (χ2n) is 12.2. The van der Waals surface area contributed by atoms with Gasteiger partial charge in [0.15, 0.2) is 0 Å². The van der Waals surface area contributed by atoms with E-state index in [1.165, 1.54) is 19.2 Å². The van der Waals surface area contributed by atoms with Gasteiger partial charge in [0.05, 0.1) is 35.5 Å². The number of fused-ring (bicyclic) bond motifs is 2. The maximum absolute atomic E-state index is 14.8. The summed E-state index contributed by atoms with van der Waals surface area (Å²) in [5.41, 5.74) is 0.311. The fourth-order valence-electron chi connectivity index (χ4n) is 7.08. The van der Waals surface area contributed by atoms with Gasteiger partial charge in [-0.15, -0.1) is 0 Å². The molecule has 1 aromatic heterocycles. The summed E-state index contributed by atoms with van der Waals surface area (Å²) < 4.78 is 37.9. The molecule has 7 nitrogen and oxygen atoms in total. The molecule has 10 heteroatoms. The number of esters is 1. The van der Waals surface area contributed by atoms with Crippen LogP contribution < -0.4 is 4.74 Å². The lowest BCUT2D eigenvalue weighted by Gasteiger charge is -2.43. The fraction of sp³-hybridized carbons (Fsp3) is 0.500. The molecule has 42 heavy (non-hydrogen) atoms. The molecule has 0 amide bonds. The van der Waals surface area contributed by atoms with Crippen LogP contribution in [-0.2, 0) is 26.5 Å². The minimum Gasteiger partial charge on any atom is -0.475 e. The van der Waals surface area contributed by atoms with Crippen LogP contribution >= 0.6 is 23.2 Å². The number of rotatable bonds is 9. The monoisotopic (exact) mass is 615 g/mol. The van der Waals surface area contributed by atoms with Gasteiger partial charge in [0.2, 0.25) is 5.60 Å². The molecule has 2 unspecified atom stereocenters. The van der Waals surface area contributed by atoms with Crippen LogP contribution in [0.3, 0.4) is 0 Å². The van der Waals surface area contributed by atoms with Gasteiger partial charge in [0.1, 0.15) is 23.0 Å². The summed E-state index contributed by atoms with van der Waals surface area (Å²) in [4.78, 5) is 12.2. The SMILES string of the molecule is COC(=O)C1(Oc2cc(F)cc([C@@]3(O)C4CC[C@H]3CC(OCc3c(-c5c(Cl)cccc5Cl)noc3C3CC3)C4)c2)CC1. The Bertz CT molecular complexity index is 1500. The lowest BCUT2D eigenvalue weighted by Crippen LogP contribution is -2.44. The number of methoxy groups -OCH3 is 1. The molecule has 4 atom stereocenters. The molecule has 7 rings (SSSR count). The van der Waals surface area contributed by atoms with Gasteiger partial charge < -0.3 is 23.8 Å². The number of carbonyl (C=O) groups is 1. The molecule has 2 aromatic carbocycles. The minimum absolute atomic E-state index is 0.0994. The van der Waals surface area contributed by atoms with Gasteiger partial charge in [-0.2, -0.15) is 0 Å². The van der Waals surface area contributed by atoms with Crippen molar-refractivity contribution in [2.24, 2.45) is 11.8 Å². The highest BCUT2D eigenvalue weighted by Gasteiger charge is 2.56. The van der Waals surface area contributed by atoms with Crippen molar-refractivity contribution in [2.75, 3.05) is 7.11 Å². The second kappa shape index (κ2) is 10.5. The maximum Gasteiger partial charge on any atom is 0.350 e. The highest BCUT2D eigenvalue weighted by molar-refractivity contribution is 6.39. The standard InChI is InChI=1S/C32H32Cl2FNO6/c1-39-30(37)31(9-10-31)41-23-14-20(11-21(35)15-23)32(38)18-7-8-19(32)13-22(12-18)40-16-24-28(36-42-29(24)17-5-6-17)27-25(33)3-2-4-26(27)34/h2-4,11,14-15,17-19,22,38H,5-10,12-13,16H2,1H3/t18-,19?,22?,32-/m0/s1. The summed E-state index contributed by atoms with van der Waals surface area (Å²) in [6, 6.07) is 9.67. The van der Waals surface area contributed by atoms with E-state index in [0.29, 0.717) is 65.1 Å². The van der Waals surface area contributed by atoms with Gasteiger partial charge in [-0.25, -0.2) is 9.18 Å². The summed E-state index contributed by atoms with van der Waals surface area (Å²) in [5, 5.41) is 17.4. The Morgan fingerprint density at radius 2 is 1.79 bits per heavy atom. The number of nitrogens with zero attached hydrogens (tertiary/aromatic N) is 1. The van der Waals surface area contributed by atoms with E-state index in [0.717, 1.165) is 37.0 Å². The first-order chi connectivity index (χ1) is 20.2. The zero-order valence-corrected chi connectivity index (χ0v) is 24.7. The number of benzene rings is 2. The molecule has 0 aliphatic heterocycles. The molecular weight excluding hydrogens is 584 g/mol. The molecule has 4 aliphatic carbocycles. The van der Waals surface area contributed by atoms with Crippen LogP contribution in [0.5, 0.6) is 5.75 Å². The molecule has 0 saturated heterocycles. The summed E-state index contributed by atoms with van der Waals surface area (Å²) >= 11 is 13.0. The van der Waals surface area contributed by atoms with Crippen LogP contribution in [0.15, 0.2) is 40.9 Å². The Hall–Kier alpha value is -2.65. The van der Waals surface area contributed by atoms with E-state index >= 15 is 0 Å². The minimum atomic E-state index is -1.21. The van der Waals surface area contributed by atoms with Crippen molar-refractivity contribution >= 4 is 29.2 Å². The van der Waals surface area contributed by atoms with Gasteiger partial charge in [-0.1, -0.05) is 34.4 Å². The fourth-order valence-corrected chi connectivity index (χ4v) is 7.66. The smallest absolute Gasteiger partial charge is 0.350 e. The summed E-state index contributed by atoms with van der Waals surface area (Å²) in [7, 11) is 1.31. The van der Waals surface area contributed by atoms with Crippen LogP contribution in [-0.4, -0.2) is 35.0 Å². The van der Waals surface area contributed by atoms with Crippen LogP contribution in [0, 0.1) is 17.7 Å². The first kappa shape index (κ1) is 28.1. The molecule has 0 spiro atoms. The highest BCUT2D eigenvalue weighted by Crippen LogP contribution is 2.57. The van der Waals surface area contributed by atoms with Crippen molar-refractivity contribution in [3.63, 3.8) is 0 Å². The highest BCUT2D eigenvalue weighted by atomic mass is 35.5. The molecular formula is C32H32Cl2FNO6. The largest absolute Gasteiger partial charge is 0.475 e. The molecule has 0 radical (unpaired) electrons. The van der Waals surface area contributed by atoms with Crippen LogP contribution in [0.25, 0.3) is 11.3 Å². The van der Waals surface area contributed by atoms with Crippen molar-refractivity contribution in [1.82, 2.24) is 5.16 Å². The summed E-state index contributed by atoms with van der Waals surface area (Å²) in [6.45, 7) is 0.294. The van der Waals surface area contributed by atoms with E-state index in [4.69, 9.17) is 41.9 Å². The number of aromatic nitrogens is 1. The number of ether oxygens (including phenoxy) is 3. The van der Waals surface area contributed by atoms with Gasteiger partial charge in [0, 0.05) is 36.0 Å². The zero-order chi connectivity index (χ0) is 29.2. The van der Waals surface area contributed by atoms with E-state index < -0.39 is 23.0 Å². The van der Waals surface area contributed by atoms with E-state index in [1.54, 1.807) is 24.3 Å². The Balaban J connectivity index is 1.10. The third-order valence-electron chi connectivity index (χ3n) is 9.54. The van der Waals surface area contributed by atoms with Gasteiger partial charge in [-0.05, 0) is 80.2 Å². The summed E-state index contributed by atoms with van der Waals surface area (Å²) in [6.07, 6.45) is 5.87. The number of aliphatic hydroxyl groups is 1. The average Bonchev–Trinajstić information content (AvgIpc) is 3.89. The third kappa shape index (κ3) is 4.80. The summed E-state index contributed by atoms with van der Waals surface area (Å²) in [5.74, 6) is 0.150. The number of hydrogen-bond acceptors (Lipinski definition) is 7. The quantitative estimate of drug-likeness (QED) is 0.252. The predicted molar refractivity (Wildman–Crippen MR) is 153 cm³/mol. The number of hydrogen-bond donors (Lipinski definition) is 1. The molecule has 222 valence electrons. The molecule has 1 N–H and O–H groups in total. The zero-order valence-electron chi connectivity index (χ0n) is 23.2. The van der Waals surface area contributed by atoms with E-state index in [-0.39, 0.29) is 23.7 Å². The Morgan fingerprint density at radius 3 is 2.40 bits per heavy atom. The number of carbonyl (C=O) groups excluding carboxylic acids is 1. The van der Waals surface area contributed by atoms with Crippen molar-refractivity contribution in [3.05, 3.63) is 69.1 Å². The maximum atomic E-state index is 14.8. The lowest BCUT2D eigenvalue weighted by molar-refractivity contribution is -0.151. The first-order valence-corrected chi connectivity index (χ1v) is 15.3. The van der Waals surface area contributed by atoms with E-state index in [2.05, 4.69) is 5.16 Å². The van der Waals surface area contributed by atoms with Gasteiger partial charge >= 0.3 is 5.97 Å². The number of halogens is 3.